The van der Waals surface area contributed by atoms with E-state index in [1.807, 2.05) is 6.92 Å². The minimum absolute atomic E-state index is 0.0479. The van der Waals surface area contributed by atoms with Crippen molar-refractivity contribution in [2.24, 2.45) is 5.73 Å². The third kappa shape index (κ3) is 4.88. The number of carbonyl (C=O) groups is 1. The number of hydrogen-bond donors (Lipinski definition) is 1. The van der Waals surface area contributed by atoms with E-state index < -0.39 is 17.8 Å². The third-order valence-corrected chi connectivity index (χ3v) is 4.99. The lowest BCUT2D eigenvalue weighted by Gasteiger charge is -2.21. The van der Waals surface area contributed by atoms with Crippen LogP contribution in [0.3, 0.4) is 0 Å². The molecule has 0 saturated carbocycles. The predicted molar refractivity (Wildman–Crippen MR) is 109 cm³/mol. The summed E-state index contributed by atoms with van der Waals surface area (Å²) in [6.45, 7) is 2.08. The van der Waals surface area contributed by atoms with Crippen molar-refractivity contribution in [1.82, 2.24) is 9.97 Å². The number of rotatable bonds is 7. The number of benzene rings is 1. The first-order valence-electron chi connectivity index (χ1n) is 9.10. The molecule has 2 amide bonds. The van der Waals surface area contributed by atoms with Gasteiger partial charge in [0.15, 0.2) is 5.13 Å². The van der Waals surface area contributed by atoms with E-state index in [1.165, 1.54) is 12.1 Å². The molecule has 0 atom stereocenters. The van der Waals surface area contributed by atoms with Crippen molar-refractivity contribution < 1.29 is 22.7 Å². The van der Waals surface area contributed by atoms with Gasteiger partial charge in [-0.15, -0.1) is 11.3 Å². The lowest BCUT2D eigenvalue weighted by atomic mass is 10.1. The number of alkyl halides is 3. The van der Waals surface area contributed by atoms with Gasteiger partial charge >= 0.3 is 12.2 Å². The van der Waals surface area contributed by atoms with Gasteiger partial charge in [0.2, 0.25) is 0 Å². The van der Waals surface area contributed by atoms with Crippen LogP contribution in [0, 0.1) is 0 Å². The van der Waals surface area contributed by atoms with Gasteiger partial charge in [0.05, 0.1) is 23.6 Å². The summed E-state index contributed by atoms with van der Waals surface area (Å²) in [4.78, 5) is 21.3. The maximum atomic E-state index is 13.6. The number of ether oxygens (including phenoxy) is 1. The van der Waals surface area contributed by atoms with Gasteiger partial charge in [-0.05, 0) is 36.8 Å². The number of hydrogen-bond acceptors (Lipinski definition) is 5. The molecule has 0 aliphatic rings. The van der Waals surface area contributed by atoms with E-state index in [0.29, 0.717) is 12.1 Å². The average molecular weight is 436 g/mol. The van der Waals surface area contributed by atoms with Gasteiger partial charge in [-0.25, -0.2) is 14.7 Å². The Morgan fingerprint density at radius 2 is 1.97 bits per heavy atom. The van der Waals surface area contributed by atoms with Crippen LogP contribution in [0.25, 0.3) is 11.3 Å². The van der Waals surface area contributed by atoms with E-state index in [0.717, 1.165) is 34.3 Å². The van der Waals surface area contributed by atoms with Crippen LogP contribution in [0.15, 0.2) is 48.1 Å². The summed E-state index contributed by atoms with van der Waals surface area (Å²) in [5.41, 5.74) is 5.76. The second-order valence-electron chi connectivity index (χ2n) is 6.31. The Morgan fingerprint density at radius 1 is 1.23 bits per heavy atom. The molecule has 0 unspecified atom stereocenters. The van der Waals surface area contributed by atoms with Crippen molar-refractivity contribution in [1.29, 1.82) is 0 Å². The number of carbonyl (C=O) groups excluding carboxylic acids is 1. The van der Waals surface area contributed by atoms with Crippen molar-refractivity contribution in [2.75, 3.05) is 11.5 Å². The monoisotopic (exact) mass is 436 g/mol. The highest BCUT2D eigenvalue weighted by atomic mass is 32.1. The molecule has 0 aliphatic carbocycles. The molecule has 30 heavy (non-hydrogen) atoms. The Morgan fingerprint density at radius 3 is 2.60 bits per heavy atom. The molecule has 2 heterocycles. The molecule has 0 fully saturated rings. The molecule has 2 N–H and O–H groups in total. The van der Waals surface area contributed by atoms with Gasteiger partial charge in [0, 0.05) is 23.3 Å². The lowest BCUT2D eigenvalue weighted by Crippen LogP contribution is -2.31. The van der Waals surface area contributed by atoms with E-state index in [1.54, 1.807) is 29.9 Å². The molecule has 0 radical (unpaired) electrons. The molecule has 0 bridgehead atoms. The quantitative estimate of drug-likeness (QED) is 0.488. The summed E-state index contributed by atoms with van der Waals surface area (Å²) in [5.74, 6) is -0.291. The highest BCUT2D eigenvalue weighted by Crippen LogP contribution is 2.40. The number of nitrogens with zero attached hydrogens (tertiary/aromatic N) is 3. The van der Waals surface area contributed by atoms with Crippen LogP contribution in [0.5, 0.6) is 5.75 Å². The Hall–Kier alpha value is -3.14. The molecule has 0 spiro atoms. The Bertz CT molecular complexity index is 1010. The molecule has 10 heteroatoms. The molecule has 2 aromatic heterocycles. The Labute approximate surface area is 175 Å². The largest absolute Gasteiger partial charge is 0.493 e. The van der Waals surface area contributed by atoms with Gasteiger partial charge in [0.25, 0.3) is 0 Å². The number of urea groups is 1. The van der Waals surface area contributed by atoms with Gasteiger partial charge < -0.3 is 10.5 Å². The molecule has 158 valence electrons. The number of thiazole rings is 1. The fourth-order valence-corrected chi connectivity index (χ4v) is 3.54. The average Bonchev–Trinajstić information content (AvgIpc) is 3.18. The maximum absolute atomic E-state index is 13.6. The van der Waals surface area contributed by atoms with Crippen LogP contribution >= 0.6 is 11.3 Å². The van der Waals surface area contributed by atoms with Gasteiger partial charge in [-0.3, -0.25) is 4.98 Å². The van der Waals surface area contributed by atoms with Crippen LogP contribution < -0.4 is 15.4 Å². The summed E-state index contributed by atoms with van der Waals surface area (Å²) in [6, 6.07) is 5.92. The van der Waals surface area contributed by atoms with Crippen molar-refractivity contribution in [3.8, 4) is 17.0 Å². The van der Waals surface area contributed by atoms with Crippen molar-refractivity contribution in [3.05, 3.63) is 53.7 Å². The number of unbranched alkanes of at least 4 members (excludes halogenated alkanes) is 1. The molecule has 6 nitrogen and oxygen atoms in total. The summed E-state index contributed by atoms with van der Waals surface area (Å²) in [5, 5.41) is 1.84. The van der Waals surface area contributed by atoms with Crippen LogP contribution in [-0.2, 0) is 6.18 Å². The summed E-state index contributed by atoms with van der Waals surface area (Å²) in [6.07, 6.45) is -0.0613. The Kier molecular flexibility index (Phi) is 6.56. The standard InChI is InChI=1S/C20H19F3N4O2S/c1-2-3-10-29-17-5-4-14(11-15(17)20(21,22)23)27(18(24)28)19-26-16(12-30-19)13-6-8-25-9-7-13/h4-9,11-12H,2-3,10H2,1H3,(H2,24,28). The number of pyridine rings is 1. The highest BCUT2D eigenvalue weighted by Gasteiger charge is 2.36. The number of primary amides is 1. The van der Waals surface area contributed by atoms with Crippen LogP contribution in [0.1, 0.15) is 25.3 Å². The van der Waals surface area contributed by atoms with Crippen LogP contribution in [0.2, 0.25) is 0 Å². The first kappa shape index (κ1) is 21.6. The van der Waals surface area contributed by atoms with Crippen LogP contribution in [-0.4, -0.2) is 22.6 Å². The van der Waals surface area contributed by atoms with E-state index in [-0.39, 0.29) is 23.2 Å². The molecule has 0 aliphatic heterocycles. The highest BCUT2D eigenvalue weighted by molar-refractivity contribution is 7.14. The zero-order valence-electron chi connectivity index (χ0n) is 16.0. The minimum Gasteiger partial charge on any atom is -0.493 e. The number of nitrogens with two attached hydrogens (primary N) is 1. The first-order valence-corrected chi connectivity index (χ1v) is 9.98. The summed E-state index contributed by atoms with van der Waals surface area (Å²) < 4.78 is 46.1. The number of aromatic nitrogens is 2. The molecular formula is C20H19F3N4O2S. The normalized spacial score (nSPS) is 11.3. The predicted octanol–water partition coefficient (Wildman–Crippen LogP) is 5.62. The third-order valence-electron chi connectivity index (χ3n) is 4.16. The zero-order valence-corrected chi connectivity index (χ0v) is 16.8. The summed E-state index contributed by atoms with van der Waals surface area (Å²) in [7, 11) is 0. The number of halogens is 3. The molecular weight excluding hydrogens is 417 g/mol. The molecule has 3 rings (SSSR count). The zero-order chi connectivity index (χ0) is 21.7. The second kappa shape index (κ2) is 9.12. The van der Waals surface area contributed by atoms with Gasteiger partial charge in [-0.1, -0.05) is 13.3 Å². The molecule has 1 aromatic carbocycles. The van der Waals surface area contributed by atoms with Crippen molar-refractivity contribution >= 4 is 28.2 Å². The number of amides is 2. The first-order chi connectivity index (χ1) is 14.3. The van der Waals surface area contributed by atoms with E-state index in [2.05, 4.69) is 9.97 Å². The van der Waals surface area contributed by atoms with E-state index >= 15 is 0 Å². The van der Waals surface area contributed by atoms with Crippen molar-refractivity contribution in [3.63, 3.8) is 0 Å². The lowest BCUT2D eigenvalue weighted by molar-refractivity contribution is -0.138. The molecule has 0 saturated heterocycles. The van der Waals surface area contributed by atoms with Gasteiger partial charge in [0.1, 0.15) is 5.75 Å². The molecule has 3 aromatic rings. The summed E-state index contributed by atoms with van der Waals surface area (Å²) >= 11 is 1.09. The topological polar surface area (TPSA) is 81.3 Å². The Balaban J connectivity index is 1.98. The van der Waals surface area contributed by atoms with Crippen LogP contribution in [0.4, 0.5) is 28.8 Å². The fourth-order valence-electron chi connectivity index (χ4n) is 2.69. The minimum atomic E-state index is -4.66. The van der Waals surface area contributed by atoms with Crippen molar-refractivity contribution in [2.45, 2.75) is 25.9 Å². The fraction of sp³-hybridized carbons (Fsp3) is 0.250. The smallest absolute Gasteiger partial charge is 0.420 e. The van der Waals surface area contributed by atoms with E-state index in [4.69, 9.17) is 10.5 Å². The SMILES string of the molecule is CCCCOc1ccc(N(C(N)=O)c2nc(-c3ccncc3)cs2)cc1C(F)(F)F. The maximum Gasteiger partial charge on any atom is 0.420 e. The number of anilines is 2. The second-order valence-corrected chi connectivity index (χ2v) is 7.14. The van der Waals surface area contributed by atoms with Gasteiger partial charge in [-0.2, -0.15) is 13.2 Å². The van der Waals surface area contributed by atoms with E-state index in [9.17, 15) is 18.0 Å².